The maximum atomic E-state index is 13.0. The average Bonchev–Trinajstić information content (AvgIpc) is 3.29. The normalized spacial score (nSPS) is 17.2. The Balaban J connectivity index is 0.000000532. The minimum absolute atomic E-state index is 0.113. The van der Waals surface area contributed by atoms with Crippen LogP contribution in [0, 0.1) is 18.3 Å². The van der Waals surface area contributed by atoms with Gasteiger partial charge in [0.05, 0.1) is 6.61 Å². The first-order chi connectivity index (χ1) is 18.3. The first-order valence-electron chi connectivity index (χ1n) is 13.1. The van der Waals surface area contributed by atoms with Crippen LogP contribution >= 0.6 is 11.6 Å². The number of nitrogens with zero attached hydrogens (tertiary/aromatic N) is 2. The van der Waals surface area contributed by atoms with Crippen molar-refractivity contribution in [2.75, 3.05) is 32.8 Å². The van der Waals surface area contributed by atoms with E-state index in [9.17, 15) is 18.0 Å². The number of aryl methyl sites for hydroxylation is 1. The Morgan fingerprint density at radius 3 is 2.28 bits per heavy atom. The molecule has 10 heteroatoms. The number of halogens is 4. The Kier molecular flexibility index (Phi) is 10.3. The standard InChI is InChI=1S/C27H35ClN2O2.C2HF3O2/c1-20(2)18-32-25-7-5-4-6-23(25)17-29-13-10-27(11-14-29)12-15-30(19-27)26(31)22-9-8-21(3)24(28)16-22;3-2(4,5)1(6)7/h4-9,16,20H,10-15,17-19H2,1-3H3;(H,6,7). The summed E-state index contributed by atoms with van der Waals surface area (Å²) >= 11 is 6.25. The summed E-state index contributed by atoms with van der Waals surface area (Å²) in [5.41, 5.74) is 3.23. The highest BCUT2D eigenvalue weighted by molar-refractivity contribution is 6.31. The third-order valence-corrected chi connectivity index (χ3v) is 7.65. The minimum atomic E-state index is -5.08. The summed E-state index contributed by atoms with van der Waals surface area (Å²) in [6.07, 6.45) is -1.71. The summed E-state index contributed by atoms with van der Waals surface area (Å²) in [6, 6.07) is 14.1. The monoisotopic (exact) mass is 568 g/mol. The van der Waals surface area contributed by atoms with Crippen LogP contribution < -0.4 is 4.74 Å². The fourth-order valence-electron chi connectivity index (χ4n) is 4.88. The molecule has 0 bridgehead atoms. The molecule has 39 heavy (non-hydrogen) atoms. The number of ether oxygens (including phenoxy) is 1. The van der Waals surface area contributed by atoms with Crippen LogP contribution in [0.3, 0.4) is 0 Å². The van der Waals surface area contributed by atoms with Crippen molar-refractivity contribution in [2.45, 2.75) is 52.8 Å². The molecule has 4 rings (SSSR count). The first kappa shape index (κ1) is 30.8. The van der Waals surface area contributed by atoms with E-state index in [0.29, 0.717) is 16.5 Å². The second-order valence-electron chi connectivity index (χ2n) is 10.8. The molecule has 0 radical (unpaired) electrons. The van der Waals surface area contributed by atoms with Crippen molar-refractivity contribution in [1.82, 2.24) is 9.80 Å². The summed E-state index contributed by atoms with van der Waals surface area (Å²) in [4.78, 5) is 26.5. The molecule has 0 unspecified atom stereocenters. The summed E-state index contributed by atoms with van der Waals surface area (Å²) in [5, 5.41) is 7.79. The lowest BCUT2D eigenvalue weighted by Gasteiger charge is -2.39. The van der Waals surface area contributed by atoms with E-state index >= 15 is 0 Å². The van der Waals surface area contributed by atoms with Gasteiger partial charge in [0, 0.05) is 35.8 Å². The van der Waals surface area contributed by atoms with Gasteiger partial charge < -0.3 is 14.7 Å². The predicted octanol–water partition coefficient (Wildman–Crippen LogP) is 6.44. The van der Waals surface area contributed by atoms with E-state index in [0.717, 1.165) is 69.9 Å². The highest BCUT2D eigenvalue weighted by Gasteiger charge is 2.42. The van der Waals surface area contributed by atoms with E-state index in [-0.39, 0.29) is 11.3 Å². The lowest BCUT2D eigenvalue weighted by Crippen LogP contribution is -2.42. The van der Waals surface area contributed by atoms with E-state index in [2.05, 4.69) is 43.0 Å². The van der Waals surface area contributed by atoms with Crippen molar-refractivity contribution in [1.29, 1.82) is 0 Å². The highest BCUT2D eigenvalue weighted by atomic mass is 35.5. The van der Waals surface area contributed by atoms with Crippen molar-refractivity contribution in [3.05, 3.63) is 64.2 Å². The van der Waals surface area contributed by atoms with Crippen LogP contribution in [0.2, 0.25) is 5.02 Å². The van der Waals surface area contributed by atoms with Crippen LogP contribution in [0.1, 0.15) is 54.6 Å². The number of amides is 1. The number of carbonyl (C=O) groups excluding carboxylic acids is 1. The molecular weight excluding hydrogens is 533 g/mol. The summed E-state index contributed by atoms with van der Waals surface area (Å²) in [5.74, 6) is -1.12. The van der Waals surface area contributed by atoms with Gasteiger partial charge >= 0.3 is 12.1 Å². The molecule has 2 aromatic carbocycles. The van der Waals surface area contributed by atoms with Gasteiger partial charge in [-0.2, -0.15) is 13.2 Å². The number of likely N-dealkylation sites (tertiary alicyclic amines) is 2. The Morgan fingerprint density at radius 2 is 1.69 bits per heavy atom. The first-order valence-corrected chi connectivity index (χ1v) is 13.5. The van der Waals surface area contributed by atoms with E-state index < -0.39 is 12.1 Å². The Morgan fingerprint density at radius 1 is 1.08 bits per heavy atom. The molecule has 2 aliphatic heterocycles. The number of carboxylic acid groups (broad SMARTS) is 1. The lowest BCUT2D eigenvalue weighted by atomic mass is 9.77. The van der Waals surface area contributed by atoms with Crippen LogP contribution in [0.25, 0.3) is 0 Å². The number of carboxylic acids is 1. The van der Waals surface area contributed by atoms with Gasteiger partial charge in [-0.1, -0.05) is 49.7 Å². The number of alkyl halides is 3. The van der Waals surface area contributed by atoms with E-state index in [1.165, 1.54) is 5.56 Å². The molecule has 0 saturated carbocycles. The third kappa shape index (κ3) is 8.60. The number of hydrogen-bond donors (Lipinski definition) is 1. The van der Waals surface area contributed by atoms with Crippen LogP contribution in [0.15, 0.2) is 42.5 Å². The van der Waals surface area contributed by atoms with Gasteiger partial charge in [0.1, 0.15) is 5.75 Å². The quantitative estimate of drug-likeness (QED) is 0.434. The molecule has 2 fully saturated rings. The molecule has 214 valence electrons. The minimum Gasteiger partial charge on any atom is -0.493 e. The lowest BCUT2D eigenvalue weighted by molar-refractivity contribution is -0.192. The summed E-state index contributed by atoms with van der Waals surface area (Å²) < 4.78 is 37.8. The van der Waals surface area contributed by atoms with Crippen LogP contribution in [-0.2, 0) is 11.3 Å². The largest absolute Gasteiger partial charge is 0.493 e. The summed E-state index contributed by atoms with van der Waals surface area (Å²) in [7, 11) is 0. The number of carbonyl (C=O) groups is 2. The smallest absolute Gasteiger partial charge is 0.490 e. The number of hydrogen-bond acceptors (Lipinski definition) is 4. The molecule has 2 aromatic rings. The van der Waals surface area contributed by atoms with E-state index in [1.807, 2.05) is 30.0 Å². The fraction of sp³-hybridized carbons (Fsp3) is 0.517. The molecular formula is C29H36ClF3N2O4. The average molecular weight is 569 g/mol. The SMILES string of the molecule is Cc1ccc(C(=O)N2CCC3(CCN(Cc4ccccc4OCC(C)C)CC3)C2)cc1Cl.O=C(O)C(F)(F)F. The van der Waals surface area contributed by atoms with Gasteiger partial charge in [-0.3, -0.25) is 9.69 Å². The second kappa shape index (κ2) is 13.0. The molecule has 1 amide bonds. The molecule has 1 spiro atoms. The fourth-order valence-corrected chi connectivity index (χ4v) is 5.06. The predicted molar refractivity (Wildman–Crippen MR) is 144 cm³/mol. The van der Waals surface area contributed by atoms with Crippen LogP contribution in [0.4, 0.5) is 13.2 Å². The Bertz CT molecular complexity index is 1150. The maximum absolute atomic E-state index is 13.0. The molecule has 2 aliphatic rings. The number of benzene rings is 2. The van der Waals surface area contributed by atoms with Gasteiger partial charge in [0.25, 0.3) is 5.91 Å². The number of para-hydroxylation sites is 1. The van der Waals surface area contributed by atoms with Gasteiger partial charge in [-0.15, -0.1) is 0 Å². The van der Waals surface area contributed by atoms with Gasteiger partial charge in [0.15, 0.2) is 0 Å². The van der Waals surface area contributed by atoms with Gasteiger partial charge in [-0.25, -0.2) is 4.79 Å². The maximum Gasteiger partial charge on any atom is 0.490 e. The van der Waals surface area contributed by atoms with Crippen LogP contribution in [0.5, 0.6) is 5.75 Å². The zero-order valence-electron chi connectivity index (χ0n) is 22.6. The second-order valence-corrected chi connectivity index (χ2v) is 11.2. The van der Waals surface area contributed by atoms with E-state index in [1.54, 1.807) is 0 Å². The highest BCUT2D eigenvalue weighted by Crippen LogP contribution is 2.41. The molecule has 2 saturated heterocycles. The van der Waals surface area contributed by atoms with Crippen molar-refractivity contribution >= 4 is 23.5 Å². The van der Waals surface area contributed by atoms with Gasteiger partial charge in [0.2, 0.25) is 0 Å². The number of rotatable bonds is 6. The topological polar surface area (TPSA) is 70.1 Å². The Labute approximate surface area is 232 Å². The van der Waals surface area contributed by atoms with Gasteiger partial charge in [-0.05, 0) is 74.4 Å². The zero-order valence-corrected chi connectivity index (χ0v) is 23.3. The van der Waals surface area contributed by atoms with E-state index in [4.69, 9.17) is 26.2 Å². The number of piperidine rings is 1. The molecule has 0 atom stereocenters. The van der Waals surface area contributed by atoms with Crippen LogP contribution in [-0.4, -0.2) is 65.7 Å². The zero-order chi connectivity index (χ0) is 28.8. The number of aliphatic carboxylic acids is 1. The molecule has 0 aliphatic carbocycles. The van der Waals surface area contributed by atoms with Crippen molar-refractivity contribution in [2.24, 2.45) is 11.3 Å². The molecule has 0 aromatic heterocycles. The van der Waals surface area contributed by atoms with Crippen molar-refractivity contribution in [3.63, 3.8) is 0 Å². The molecule has 1 N–H and O–H groups in total. The third-order valence-electron chi connectivity index (χ3n) is 7.24. The Hall–Kier alpha value is -2.78. The molecule has 6 nitrogen and oxygen atoms in total. The van der Waals surface area contributed by atoms with Crippen molar-refractivity contribution < 1.29 is 32.6 Å². The van der Waals surface area contributed by atoms with Crippen molar-refractivity contribution in [3.8, 4) is 5.75 Å². The molecule has 2 heterocycles. The summed E-state index contributed by atoms with van der Waals surface area (Å²) in [6.45, 7) is 11.8.